The van der Waals surface area contributed by atoms with Gasteiger partial charge in [0, 0.05) is 18.3 Å². The van der Waals surface area contributed by atoms with Crippen LogP contribution < -0.4 is 4.74 Å². The van der Waals surface area contributed by atoms with Gasteiger partial charge in [-0.1, -0.05) is 0 Å². The van der Waals surface area contributed by atoms with Gasteiger partial charge in [-0.05, 0) is 46.6 Å². The Bertz CT molecular complexity index is 560. The highest BCUT2D eigenvalue weighted by atomic mass is 79.9. The van der Waals surface area contributed by atoms with Crippen LogP contribution >= 0.6 is 15.9 Å². The first-order chi connectivity index (χ1) is 8.56. The highest BCUT2D eigenvalue weighted by molar-refractivity contribution is 9.10. The molecule has 0 fully saturated rings. The number of aliphatic hydroxyl groups excluding tert-OH is 1. The summed E-state index contributed by atoms with van der Waals surface area (Å²) < 4.78 is 19.1. The van der Waals surface area contributed by atoms with Crippen molar-refractivity contribution in [1.29, 1.82) is 0 Å². The molecule has 1 atom stereocenters. The van der Waals surface area contributed by atoms with Crippen molar-refractivity contribution in [2.45, 2.75) is 13.0 Å². The lowest BCUT2D eigenvalue weighted by Gasteiger charge is -2.08. The monoisotopic (exact) mass is 311 g/mol. The summed E-state index contributed by atoms with van der Waals surface area (Å²) in [6.45, 7) is 1.65. The third-order valence-corrected chi connectivity index (χ3v) is 3.00. The zero-order chi connectivity index (χ0) is 13.1. The largest absolute Gasteiger partial charge is 0.439 e. The molecule has 0 bridgehead atoms. The summed E-state index contributed by atoms with van der Waals surface area (Å²) in [7, 11) is 0. The van der Waals surface area contributed by atoms with Crippen molar-refractivity contribution >= 4 is 15.9 Å². The molecule has 0 aliphatic rings. The van der Waals surface area contributed by atoms with Crippen molar-refractivity contribution in [1.82, 2.24) is 4.98 Å². The molecule has 1 aromatic heterocycles. The molecule has 0 saturated carbocycles. The maximum Gasteiger partial charge on any atom is 0.219 e. The highest BCUT2D eigenvalue weighted by Crippen LogP contribution is 2.25. The standard InChI is InChI=1S/C13H11BrFNO2/c1-8(17)9-4-5-16-13(6-9)18-10-2-3-11(14)12(15)7-10/h2-8,17H,1H3/t8-/m1/s1. The molecular formula is C13H11BrFNO2. The predicted molar refractivity (Wildman–Crippen MR) is 69.0 cm³/mol. The van der Waals surface area contributed by atoms with Crippen LogP contribution in [-0.2, 0) is 0 Å². The second-order valence-electron chi connectivity index (χ2n) is 3.78. The molecule has 2 rings (SSSR count). The van der Waals surface area contributed by atoms with Crippen LogP contribution in [0.4, 0.5) is 4.39 Å². The van der Waals surface area contributed by atoms with Crippen LogP contribution in [0.2, 0.25) is 0 Å². The lowest BCUT2D eigenvalue weighted by Crippen LogP contribution is -1.94. The first-order valence-corrected chi connectivity index (χ1v) is 6.12. The normalized spacial score (nSPS) is 12.2. The highest BCUT2D eigenvalue weighted by Gasteiger charge is 2.06. The van der Waals surface area contributed by atoms with Gasteiger partial charge >= 0.3 is 0 Å². The zero-order valence-corrected chi connectivity index (χ0v) is 11.2. The van der Waals surface area contributed by atoms with Crippen LogP contribution in [0.25, 0.3) is 0 Å². The molecular weight excluding hydrogens is 301 g/mol. The molecule has 0 unspecified atom stereocenters. The van der Waals surface area contributed by atoms with E-state index in [1.165, 1.54) is 12.3 Å². The van der Waals surface area contributed by atoms with Gasteiger partial charge in [0.25, 0.3) is 0 Å². The maximum absolute atomic E-state index is 13.3. The van der Waals surface area contributed by atoms with E-state index in [0.717, 1.165) is 0 Å². The molecule has 94 valence electrons. The van der Waals surface area contributed by atoms with Gasteiger partial charge in [-0.25, -0.2) is 9.37 Å². The van der Waals surface area contributed by atoms with Crippen LogP contribution in [0.3, 0.4) is 0 Å². The SMILES string of the molecule is C[C@@H](O)c1ccnc(Oc2ccc(Br)c(F)c2)c1. The Labute approximate surface area is 112 Å². The topological polar surface area (TPSA) is 42.4 Å². The molecule has 0 aliphatic carbocycles. The Balaban J connectivity index is 2.23. The number of hydrogen-bond acceptors (Lipinski definition) is 3. The minimum absolute atomic E-state index is 0.315. The van der Waals surface area contributed by atoms with Crippen molar-refractivity contribution < 1.29 is 14.2 Å². The Morgan fingerprint density at radius 1 is 1.33 bits per heavy atom. The van der Waals surface area contributed by atoms with E-state index in [1.807, 2.05) is 0 Å². The Morgan fingerprint density at radius 2 is 2.11 bits per heavy atom. The zero-order valence-electron chi connectivity index (χ0n) is 9.60. The van der Waals surface area contributed by atoms with Gasteiger partial charge in [0.2, 0.25) is 5.88 Å². The summed E-state index contributed by atoms with van der Waals surface area (Å²) in [5.41, 5.74) is 0.692. The van der Waals surface area contributed by atoms with Crippen molar-refractivity contribution in [3.63, 3.8) is 0 Å². The first-order valence-electron chi connectivity index (χ1n) is 5.33. The molecule has 0 saturated heterocycles. The predicted octanol–water partition coefficient (Wildman–Crippen LogP) is 3.83. The average Bonchev–Trinajstić information content (AvgIpc) is 2.34. The molecule has 0 aliphatic heterocycles. The van der Waals surface area contributed by atoms with Crippen LogP contribution in [0, 0.1) is 5.82 Å². The van der Waals surface area contributed by atoms with Gasteiger partial charge in [-0.3, -0.25) is 0 Å². The average molecular weight is 312 g/mol. The second kappa shape index (κ2) is 5.46. The van der Waals surface area contributed by atoms with E-state index in [4.69, 9.17) is 4.74 Å². The minimum Gasteiger partial charge on any atom is -0.439 e. The first kappa shape index (κ1) is 13.0. The lowest BCUT2D eigenvalue weighted by molar-refractivity contribution is 0.198. The number of halogens is 2. The molecule has 18 heavy (non-hydrogen) atoms. The van der Waals surface area contributed by atoms with Gasteiger partial charge in [-0.15, -0.1) is 0 Å². The number of benzene rings is 1. The van der Waals surface area contributed by atoms with E-state index >= 15 is 0 Å². The van der Waals surface area contributed by atoms with Gasteiger partial charge < -0.3 is 9.84 Å². The molecule has 1 N–H and O–H groups in total. The van der Waals surface area contributed by atoms with Gasteiger partial charge in [0.1, 0.15) is 11.6 Å². The van der Waals surface area contributed by atoms with E-state index in [0.29, 0.717) is 21.7 Å². The number of hydrogen-bond donors (Lipinski definition) is 1. The Kier molecular flexibility index (Phi) is 3.93. The minimum atomic E-state index is -0.600. The van der Waals surface area contributed by atoms with Crippen molar-refractivity contribution in [2.75, 3.05) is 0 Å². The molecule has 1 aromatic carbocycles. The van der Waals surface area contributed by atoms with Gasteiger partial charge in [-0.2, -0.15) is 0 Å². The molecule has 1 heterocycles. The van der Waals surface area contributed by atoms with E-state index < -0.39 is 11.9 Å². The molecule has 2 aromatic rings. The Morgan fingerprint density at radius 3 is 2.78 bits per heavy atom. The van der Waals surface area contributed by atoms with Gasteiger partial charge in [0.05, 0.1) is 10.6 Å². The number of nitrogens with zero attached hydrogens (tertiary/aromatic N) is 1. The summed E-state index contributed by atoms with van der Waals surface area (Å²) >= 11 is 3.07. The smallest absolute Gasteiger partial charge is 0.219 e. The summed E-state index contributed by atoms with van der Waals surface area (Å²) in [5.74, 6) is 0.264. The number of aromatic nitrogens is 1. The fourth-order valence-electron chi connectivity index (χ4n) is 1.40. The molecule has 0 spiro atoms. The fraction of sp³-hybridized carbons (Fsp3) is 0.154. The van der Waals surface area contributed by atoms with Crippen molar-refractivity contribution in [3.05, 3.63) is 52.4 Å². The third-order valence-electron chi connectivity index (χ3n) is 2.35. The van der Waals surface area contributed by atoms with Crippen molar-refractivity contribution in [3.8, 4) is 11.6 Å². The number of aliphatic hydroxyl groups is 1. The van der Waals surface area contributed by atoms with E-state index in [2.05, 4.69) is 20.9 Å². The summed E-state index contributed by atoms with van der Waals surface area (Å²) in [4.78, 5) is 4.00. The second-order valence-corrected chi connectivity index (χ2v) is 4.64. The van der Waals surface area contributed by atoms with Crippen LogP contribution in [0.15, 0.2) is 41.0 Å². The quantitative estimate of drug-likeness (QED) is 0.936. The Hall–Kier alpha value is -1.46. The lowest BCUT2D eigenvalue weighted by atomic mass is 10.2. The molecule has 0 radical (unpaired) electrons. The fourth-order valence-corrected chi connectivity index (χ4v) is 1.65. The van der Waals surface area contributed by atoms with Crippen LogP contribution in [-0.4, -0.2) is 10.1 Å². The number of pyridine rings is 1. The molecule has 3 nitrogen and oxygen atoms in total. The van der Waals surface area contributed by atoms with E-state index in [-0.39, 0.29) is 0 Å². The molecule has 0 amide bonds. The van der Waals surface area contributed by atoms with Crippen LogP contribution in [0.1, 0.15) is 18.6 Å². The maximum atomic E-state index is 13.3. The van der Waals surface area contributed by atoms with E-state index in [1.54, 1.807) is 31.2 Å². The van der Waals surface area contributed by atoms with E-state index in [9.17, 15) is 9.50 Å². The summed E-state index contributed by atoms with van der Waals surface area (Å²) in [6.07, 6.45) is 0.934. The molecule has 5 heteroatoms. The third kappa shape index (κ3) is 3.05. The summed E-state index contributed by atoms with van der Waals surface area (Å²) in [6, 6.07) is 7.76. The number of ether oxygens (including phenoxy) is 1. The number of rotatable bonds is 3. The summed E-state index contributed by atoms with van der Waals surface area (Å²) in [5, 5.41) is 9.45. The van der Waals surface area contributed by atoms with Crippen LogP contribution in [0.5, 0.6) is 11.6 Å². The van der Waals surface area contributed by atoms with Gasteiger partial charge in [0.15, 0.2) is 0 Å². The van der Waals surface area contributed by atoms with Crippen molar-refractivity contribution in [2.24, 2.45) is 0 Å².